The van der Waals surface area contributed by atoms with Gasteiger partial charge in [0.25, 0.3) is 0 Å². The van der Waals surface area contributed by atoms with Crippen LogP contribution in [0.5, 0.6) is 11.5 Å². The van der Waals surface area contributed by atoms with Gasteiger partial charge >= 0.3 is 0 Å². The van der Waals surface area contributed by atoms with Crippen LogP contribution in [0, 0.1) is 12.7 Å². The van der Waals surface area contributed by atoms with Gasteiger partial charge < -0.3 is 10.1 Å². The zero-order chi connectivity index (χ0) is 19.9. The Kier molecular flexibility index (Phi) is 6.11. The molecule has 1 unspecified atom stereocenters. The van der Waals surface area contributed by atoms with Crippen LogP contribution in [-0.2, 0) is 4.79 Å². The summed E-state index contributed by atoms with van der Waals surface area (Å²) in [5.74, 6) is 0.594. The summed E-state index contributed by atoms with van der Waals surface area (Å²) in [6, 6.07) is 12.0. The van der Waals surface area contributed by atoms with E-state index in [1.54, 1.807) is 37.5 Å². The second-order valence-electron chi connectivity index (χ2n) is 6.32. The fraction of sp³-hybridized carbons (Fsp3) is 0.136. The molecule has 0 aliphatic heterocycles. The molecular weight excluding hydrogens is 357 g/mol. The Hall–Kier alpha value is -3.54. The third kappa shape index (κ3) is 5.23. The van der Waals surface area contributed by atoms with Crippen LogP contribution >= 0.6 is 0 Å². The van der Waals surface area contributed by atoms with E-state index >= 15 is 0 Å². The molecule has 0 bridgehead atoms. The molecule has 1 aromatic heterocycles. The lowest BCUT2D eigenvalue weighted by Crippen LogP contribution is -2.24. The van der Waals surface area contributed by atoms with Gasteiger partial charge in [0.2, 0.25) is 5.91 Å². The van der Waals surface area contributed by atoms with Crippen LogP contribution in [0.3, 0.4) is 0 Å². The van der Waals surface area contributed by atoms with Crippen molar-refractivity contribution in [1.82, 2.24) is 15.3 Å². The summed E-state index contributed by atoms with van der Waals surface area (Å²) in [7, 11) is 0. The van der Waals surface area contributed by atoms with Gasteiger partial charge in [0.15, 0.2) is 5.75 Å². The largest absolute Gasteiger partial charge is 0.454 e. The number of rotatable bonds is 6. The number of ether oxygens (including phenoxy) is 1. The Balaban J connectivity index is 1.62. The molecule has 0 radical (unpaired) electrons. The molecule has 28 heavy (non-hydrogen) atoms. The van der Waals surface area contributed by atoms with E-state index in [0.717, 1.165) is 5.56 Å². The average Bonchev–Trinajstić information content (AvgIpc) is 2.70. The van der Waals surface area contributed by atoms with Crippen LogP contribution in [0.15, 0.2) is 67.3 Å². The molecule has 2 aromatic carbocycles. The van der Waals surface area contributed by atoms with Gasteiger partial charge in [0.05, 0.1) is 18.4 Å². The van der Waals surface area contributed by atoms with Crippen molar-refractivity contribution in [1.29, 1.82) is 0 Å². The summed E-state index contributed by atoms with van der Waals surface area (Å²) in [6.07, 6.45) is 7.55. The number of aromatic nitrogens is 2. The standard InChI is InChI=1S/C22H20FN3O2/c1-15-6-7-17(10-21(15)23)8-9-22(27)26-16(2)18-4-3-5-19(11-18)28-20-12-24-14-25-13-20/h3-14,16H,1-2H3,(H,26,27)/b9-8+. The monoisotopic (exact) mass is 377 g/mol. The maximum atomic E-state index is 13.6. The van der Waals surface area contributed by atoms with Gasteiger partial charge in [-0.05, 0) is 54.8 Å². The van der Waals surface area contributed by atoms with E-state index in [9.17, 15) is 9.18 Å². The predicted molar refractivity (Wildman–Crippen MR) is 105 cm³/mol. The van der Waals surface area contributed by atoms with Gasteiger partial charge in [-0.3, -0.25) is 4.79 Å². The molecule has 1 N–H and O–H groups in total. The summed E-state index contributed by atoms with van der Waals surface area (Å²) in [6.45, 7) is 3.57. The Labute approximate surface area is 162 Å². The molecule has 3 rings (SSSR count). The third-order valence-electron chi connectivity index (χ3n) is 4.11. The smallest absolute Gasteiger partial charge is 0.244 e. The number of amides is 1. The van der Waals surface area contributed by atoms with E-state index in [0.29, 0.717) is 22.6 Å². The number of carbonyl (C=O) groups is 1. The first-order valence-corrected chi connectivity index (χ1v) is 8.79. The number of nitrogens with zero attached hydrogens (tertiary/aromatic N) is 2. The first-order valence-electron chi connectivity index (χ1n) is 8.79. The quantitative estimate of drug-likeness (QED) is 0.637. The molecule has 1 amide bonds. The first-order chi connectivity index (χ1) is 13.5. The molecule has 142 valence electrons. The highest BCUT2D eigenvalue weighted by Gasteiger charge is 2.09. The van der Waals surface area contributed by atoms with Gasteiger partial charge in [-0.25, -0.2) is 14.4 Å². The van der Waals surface area contributed by atoms with E-state index < -0.39 is 0 Å². The van der Waals surface area contributed by atoms with Crippen molar-refractivity contribution in [3.8, 4) is 11.5 Å². The molecule has 0 aliphatic carbocycles. The average molecular weight is 377 g/mol. The zero-order valence-corrected chi connectivity index (χ0v) is 15.6. The third-order valence-corrected chi connectivity index (χ3v) is 4.11. The summed E-state index contributed by atoms with van der Waals surface area (Å²) >= 11 is 0. The van der Waals surface area contributed by atoms with Crippen molar-refractivity contribution in [3.63, 3.8) is 0 Å². The van der Waals surface area contributed by atoms with Crippen molar-refractivity contribution < 1.29 is 13.9 Å². The SMILES string of the molecule is Cc1ccc(/C=C/C(=O)NC(C)c2cccc(Oc3cncnc3)c2)cc1F. The van der Waals surface area contributed by atoms with E-state index in [4.69, 9.17) is 4.74 Å². The molecule has 0 fully saturated rings. The van der Waals surface area contributed by atoms with Gasteiger partial charge in [-0.1, -0.05) is 24.3 Å². The number of hydrogen-bond donors (Lipinski definition) is 1. The Morgan fingerprint density at radius 1 is 1.14 bits per heavy atom. The minimum atomic E-state index is -0.295. The lowest BCUT2D eigenvalue weighted by atomic mass is 10.1. The summed E-state index contributed by atoms with van der Waals surface area (Å²) < 4.78 is 19.3. The van der Waals surface area contributed by atoms with Crippen molar-refractivity contribution in [2.24, 2.45) is 0 Å². The van der Waals surface area contributed by atoms with Crippen molar-refractivity contribution in [2.45, 2.75) is 19.9 Å². The van der Waals surface area contributed by atoms with E-state index in [2.05, 4.69) is 15.3 Å². The molecule has 0 aliphatic rings. The van der Waals surface area contributed by atoms with Gasteiger partial charge in [-0.15, -0.1) is 0 Å². The Bertz CT molecular complexity index is 990. The number of aryl methyl sites for hydroxylation is 1. The van der Waals surface area contributed by atoms with E-state index in [1.807, 2.05) is 31.2 Å². The Morgan fingerprint density at radius 3 is 2.68 bits per heavy atom. The van der Waals surface area contributed by atoms with Crippen molar-refractivity contribution in [3.05, 3.63) is 89.8 Å². The highest BCUT2D eigenvalue weighted by Crippen LogP contribution is 2.23. The van der Waals surface area contributed by atoms with E-state index in [1.165, 1.54) is 18.5 Å². The minimum absolute atomic E-state index is 0.234. The molecule has 1 heterocycles. The molecule has 0 saturated carbocycles. The fourth-order valence-electron chi connectivity index (χ4n) is 2.55. The van der Waals surface area contributed by atoms with Crippen LogP contribution in [0.4, 0.5) is 4.39 Å². The highest BCUT2D eigenvalue weighted by atomic mass is 19.1. The number of nitrogens with one attached hydrogen (secondary N) is 1. The van der Waals surface area contributed by atoms with Crippen LogP contribution < -0.4 is 10.1 Å². The molecule has 3 aromatic rings. The van der Waals surface area contributed by atoms with Crippen LogP contribution in [0.1, 0.15) is 29.7 Å². The summed E-state index contributed by atoms with van der Waals surface area (Å²) in [5, 5.41) is 2.88. The lowest BCUT2D eigenvalue weighted by molar-refractivity contribution is -0.117. The lowest BCUT2D eigenvalue weighted by Gasteiger charge is -2.14. The minimum Gasteiger partial charge on any atom is -0.454 e. The maximum Gasteiger partial charge on any atom is 0.244 e. The topological polar surface area (TPSA) is 64.1 Å². The van der Waals surface area contributed by atoms with E-state index in [-0.39, 0.29) is 17.8 Å². The van der Waals surface area contributed by atoms with Crippen LogP contribution in [-0.4, -0.2) is 15.9 Å². The van der Waals surface area contributed by atoms with Crippen molar-refractivity contribution in [2.75, 3.05) is 0 Å². The fourth-order valence-corrected chi connectivity index (χ4v) is 2.55. The highest BCUT2D eigenvalue weighted by molar-refractivity contribution is 5.92. The Morgan fingerprint density at radius 2 is 1.93 bits per heavy atom. The second-order valence-corrected chi connectivity index (χ2v) is 6.32. The molecular formula is C22H20FN3O2. The predicted octanol–water partition coefficient (Wildman–Crippen LogP) is 4.61. The summed E-state index contributed by atoms with van der Waals surface area (Å²) in [5.41, 5.74) is 2.09. The van der Waals surface area contributed by atoms with Crippen molar-refractivity contribution >= 4 is 12.0 Å². The second kappa shape index (κ2) is 8.90. The van der Waals surface area contributed by atoms with Gasteiger partial charge in [0, 0.05) is 6.08 Å². The van der Waals surface area contributed by atoms with Crippen LogP contribution in [0.2, 0.25) is 0 Å². The maximum absolute atomic E-state index is 13.6. The van der Waals surface area contributed by atoms with Crippen LogP contribution in [0.25, 0.3) is 6.08 Å². The molecule has 6 heteroatoms. The van der Waals surface area contributed by atoms with Gasteiger partial charge in [0.1, 0.15) is 17.9 Å². The molecule has 1 atom stereocenters. The van der Waals surface area contributed by atoms with Gasteiger partial charge in [-0.2, -0.15) is 0 Å². The normalized spacial score (nSPS) is 12.0. The molecule has 0 spiro atoms. The molecule has 5 nitrogen and oxygen atoms in total. The number of carbonyl (C=O) groups excluding carboxylic acids is 1. The number of benzene rings is 2. The number of hydrogen-bond acceptors (Lipinski definition) is 4. The summed E-state index contributed by atoms with van der Waals surface area (Å²) in [4.78, 5) is 20.0. The molecule has 0 saturated heterocycles. The first kappa shape index (κ1) is 19.2. The number of halogens is 1. The zero-order valence-electron chi connectivity index (χ0n) is 15.6.